The zero-order valence-corrected chi connectivity index (χ0v) is 11.5. The number of aromatic nitrogens is 1. The molecule has 0 aliphatic rings. The molecule has 2 rings (SSSR count). The lowest BCUT2D eigenvalue weighted by Crippen LogP contribution is -2.14. The van der Waals surface area contributed by atoms with Crippen LogP contribution in [0.3, 0.4) is 0 Å². The number of nitrogens with one attached hydrogen (secondary N) is 1. The predicted octanol–water partition coefficient (Wildman–Crippen LogP) is 3.51. The summed E-state index contributed by atoms with van der Waals surface area (Å²) in [7, 11) is 0. The van der Waals surface area contributed by atoms with Crippen LogP contribution in [-0.4, -0.2) is 10.9 Å². The summed E-state index contributed by atoms with van der Waals surface area (Å²) in [4.78, 5) is 16.4. The third-order valence-corrected chi connectivity index (χ3v) is 2.95. The standard InChI is InChI=1S/C16H18N2O/c1-4-13-5-7-14(8-6-13)18-16(19)15-10-11(2)9-12(3)17-15/h5-10H,4H2,1-3H3,(H,18,19). The Bertz CT molecular complexity index is 568. The molecule has 19 heavy (non-hydrogen) atoms. The molecule has 3 nitrogen and oxygen atoms in total. The molecule has 1 aromatic heterocycles. The van der Waals surface area contributed by atoms with Crippen LogP contribution in [0.1, 0.15) is 34.2 Å². The van der Waals surface area contributed by atoms with E-state index in [1.165, 1.54) is 5.56 Å². The van der Waals surface area contributed by atoms with Crippen molar-refractivity contribution in [1.82, 2.24) is 4.98 Å². The highest BCUT2D eigenvalue weighted by Gasteiger charge is 2.08. The Labute approximate surface area is 113 Å². The van der Waals surface area contributed by atoms with Crippen molar-refractivity contribution >= 4 is 11.6 Å². The lowest BCUT2D eigenvalue weighted by molar-refractivity contribution is 0.102. The molecule has 1 amide bonds. The first-order valence-corrected chi connectivity index (χ1v) is 6.44. The maximum atomic E-state index is 12.1. The summed E-state index contributed by atoms with van der Waals surface area (Å²) in [6, 6.07) is 11.6. The smallest absolute Gasteiger partial charge is 0.274 e. The van der Waals surface area contributed by atoms with Gasteiger partial charge in [0, 0.05) is 11.4 Å². The number of anilines is 1. The maximum Gasteiger partial charge on any atom is 0.274 e. The van der Waals surface area contributed by atoms with Gasteiger partial charge in [0.1, 0.15) is 5.69 Å². The molecule has 0 fully saturated rings. The summed E-state index contributed by atoms with van der Waals surface area (Å²) >= 11 is 0. The van der Waals surface area contributed by atoms with Crippen LogP contribution in [0.15, 0.2) is 36.4 Å². The number of amides is 1. The Balaban J connectivity index is 2.15. The molecule has 0 unspecified atom stereocenters. The first-order valence-electron chi connectivity index (χ1n) is 6.44. The molecule has 0 saturated heterocycles. The van der Waals surface area contributed by atoms with E-state index in [0.29, 0.717) is 5.69 Å². The van der Waals surface area contributed by atoms with Gasteiger partial charge in [0.25, 0.3) is 5.91 Å². The van der Waals surface area contributed by atoms with Crippen molar-refractivity contribution in [2.45, 2.75) is 27.2 Å². The van der Waals surface area contributed by atoms with Crippen LogP contribution in [-0.2, 0) is 6.42 Å². The second kappa shape index (κ2) is 5.65. The van der Waals surface area contributed by atoms with Crippen LogP contribution in [0.25, 0.3) is 0 Å². The lowest BCUT2D eigenvalue weighted by atomic mass is 10.1. The maximum absolute atomic E-state index is 12.1. The highest BCUT2D eigenvalue weighted by molar-refractivity contribution is 6.02. The van der Waals surface area contributed by atoms with Crippen molar-refractivity contribution in [3.05, 3.63) is 58.9 Å². The molecule has 0 aliphatic heterocycles. The number of aryl methyl sites for hydroxylation is 3. The minimum atomic E-state index is -0.170. The van der Waals surface area contributed by atoms with Crippen molar-refractivity contribution in [3.63, 3.8) is 0 Å². The van der Waals surface area contributed by atoms with Crippen molar-refractivity contribution in [2.24, 2.45) is 0 Å². The van der Waals surface area contributed by atoms with Gasteiger partial charge in [0.2, 0.25) is 0 Å². The molecule has 0 aliphatic carbocycles. The third-order valence-electron chi connectivity index (χ3n) is 2.95. The number of carbonyl (C=O) groups is 1. The van der Waals surface area contributed by atoms with Gasteiger partial charge >= 0.3 is 0 Å². The Morgan fingerprint density at radius 3 is 2.42 bits per heavy atom. The molecule has 0 spiro atoms. The summed E-state index contributed by atoms with van der Waals surface area (Å²) in [6.07, 6.45) is 0.993. The van der Waals surface area contributed by atoms with E-state index in [2.05, 4.69) is 17.2 Å². The zero-order valence-electron chi connectivity index (χ0n) is 11.5. The number of hydrogen-bond acceptors (Lipinski definition) is 2. The van der Waals surface area contributed by atoms with Gasteiger partial charge in [-0.15, -0.1) is 0 Å². The number of carbonyl (C=O) groups excluding carboxylic acids is 1. The van der Waals surface area contributed by atoms with Crippen LogP contribution < -0.4 is 5.32 Å². The zero-order chi connectivity index (χ0) is 13.8. The Morgan fingerprint density at radius 1 is 1.16 bits per heavy atom. The Kier molecular flexibility index (Phi) is 3.95. The van der Waals surface area contributed by atoms with Gasteiger partial charge in [-0.05, 0) is 55.7 Å². The monoisotopic (exact) mass is 254 g/mol. The first-order chi connectivity index (χ1) is 9.08. The normalized spacial score (nSPS) is 10.3. The molecular weight excluding hydrogens is 236 g/mol. The minimum Gasteiger partial charge on any atom is -0.321 e. The highest BCUT2D eigenvalue weighted by Crippen LogP contribution is 2.12. The van der Waals surface area contributed by atoms with E-state index >= 15 is 0 Å². The number of pyridine rings is 1. The van der Waals surface area contributed by atoms with Crippen LogP contribution in [0, 0.1) is 13.8 Å². The van der Waals surface area contributed by atoms with Crippen LogP contribution in [0.4, 0.5) is 5.69 Å². The van der Waals surface area contributed by atoms with E-state index in [1.54, 1.807) is 6.07 Å². The number of rotatable bonds is 3. The molecule has 3 heteroatoms. The summed E-state index contributed by atoms with van der Waals surface area (Å²) in [6.45, 7) is 5.95. The van der Waals surface area contributed by atoms with E-state index in [-0.39, 0.29) is 5.91 Å². The van der Waals surface area contributed by atoms with Crippen LogP contribution >= 0.6 is 0 Å². The fraction of sp³-hybridized carbons (Fsp3) is 0.250. The second-order valence-corrected chi connectivity index (χ2v) is 4.68. The molecule has 0 atom stereocenters. The summed E-state index contributed by atoms with van der Waals surface area (Å²) in [5, 5.41) is 2.86. The van der Waals surface area contributed by atoms with Crippen molar-refractivity contribution in [2.75, 3.05) is 5.32 Å². The van der Waals surface area contributed by atoms with Gasteiger partial charge in [-0.2, -0.15) is 0 Å². The van der Waals surface area contributed by atoms with Gasteiger partial charge in [-0.3, -0.25) is 4.79 Å². The molecule has 1 aromatic carbocycles. The van der Waals surface area contributed by atoms with E-state index in [1.807, 2.05) is 44.2 Å². The number of nitrogens with zero attached hydrogens (tertiary/aromatic N) is 1. The second-order valence-electron chi connectivity index (χ2n) is 4.68. The van der Waals surface area contributed by atoms with Gasteiger partial charge in [-0.25, -0.2) is 4.98 Å². The Morgan fingerprint density at radius 2 is 1.84 bits per heavy atom. The average molecular weight is 254 g/mol. The van der Waals surface area contributed by atoms with E-state index < -0.39 is 0 Å². The van der Waals surface area contributed by atoms with Crippen LogP contribution in [0.5, 0.6) is 0 Å². The molecule has 98 valence electrons. The van der Waals surface area contributed by atoms with Crippen LogP contribution in [0.2, 0.25) is 0 Å². The van der Waals surface area contributed by atoms with Crippen molar-refractivity contribution in [3.8, 4) is 0 Å². The highest BCUT2D eigenvalue weighted by atomic mass is 16.1. The quantitative estimate of drug-likeness (QED) is 0.910. The summed E-state index contributed by atoms with van der Waals surface area (Å²) in [5.41, 5.74) is 4.40. The predicted molar refractivity (Wildman–Crippen MR) is 77.5 cm³/mol. The summed E-state index contributed by atoms with van der Waals surface area (Å²) < 4.78 is 0. The largest absolute Gasteiger partial charge is 0.321 e. The SMILES string of the molecule is CCc1ccc(NC(=O)c2cc(C)cc(C)n2)cc1. The first kappa shape index (κ1) is 13.3. The molecule has 0 saturated carbocycles. The molecule has 1 N–H and O–H groups in total. The third kappa shape index (κ3) is 3.41. The van der Waals surface area contributed by atoms with Gasteiger partial charge in [0.05, 0.1) is 0 Å². The van der Waals surface area contributed by atoms with Gasteiger partial charge < -0.3 is 5.32 Å². The fourth-order valence-electron chi connectivity index (χ4n) is 1.98. The van der Waals surface area contributed by atoms with Gasteiger partial charge in [-0.1, -0.05) is 19.1 Å². The molecule has 2 aromatic rings. The molecule has 1 heterocycles. The van der Waals surface area contributed by atoms with E-state index in [4.69, 9.17) is 0 Å². The van der Waals surface area contributed by atoms with E-state index in [9.17, 15) is 4.79 Å². The lowest BCUT2D eigenvalue weighted by Gasteiger charge is -2.07. The topological polar surface area (TPSA) is 42.0 Å². The molecule has 0 bridgehead atoms. The average Bonchev–Trinajstić information content (AvgIpc) is 2.38. The number of hydrogen-bond donors (Lipinski definition) is 1. The van der Waals surface area contributed by atoms with E-state index in [0.717, 1.165) is 23.4 Å². The Hall–Kier alpha value is -2.16. The molecule has 0 radical (unpaired) electrons. The van der Waals surface area contributed by atoms with Gasteiger partial charge in [0.15, 0.2) is 0 Å². The minimum absolute atomic E-state index is 0.170. The fourth-order valence-corrected chi connectivity index (χ4v) is 1.98. The number of benzene rings is 1. The van der Waals surface area contributed by atoms with Crippen molar-refractivity contribution in [1.29, 1.82) is 0 Å². The molecular formula is C16H18N2O. The van der Waals surface area contributed by atoms with Crippen molar-refractivity contribution < 1.29 is 4.79 Å². The summed E-state index contributed by atoms with van der Waals surface area (Å²) in [5.74, 6) is -0.170.